The molecule has 3 unspecified atom stereocenters. The molecule has 1 aliphatic heterocycles. The van der Waals surface area contributed by atoms with Gasteiger partial charge in [-0.15, -0.1) is 0 Å². The minimum atomic E-state index is 0.453. The number of hydrogen-bond donors (Lipinski definition) is 0. The SMILES string of the molecule is CC(C)(C)CN1CCN(C2CC3CCC2C3)CC1. The Hall–Kier alpha value is -0.0800. The lowest BCUT2D eigenvalue weighted by Crippen LogP contribution is -2.52. The van der Waals surface area contributed by atoms with Gasteiger partial charge in [0.1, 0.15) is 0 Å². The van der Waals surface area contributed by atoms with Crippen LogP contribution in [-0.4, -0.2) is 48.6 Å². The fourth-order valence-electron chi connectivity index (χ4n) is 4.58. The van der Waals surface area contributed by atoms with Gasteiger partial charge >= 0.3 is 0 Å². The van der Waals surface area contributed by atoms with E-state index in [4.69, 9.17) is 0 Å². The fraction of sp³-hybridized carbons (Fsp3) is 1.00. The van der Waals surface area contributed by atoms with Gasteiger partial charge in [-0.1, -0.05) is 27.2 Å². The maximum Gasteiger partial charge on any atom is 0.0127 e. The molecule has 3 aliphatic rings. The van der Waals surface area contributed by atoms with Gasteiger partial charge in [0.2, 0.25) is 0 Å². The van der Waals surface area contributed by atoms with Crippen molar-refractivity contribution in [3.8, 4) is 0 Å². The third kappa shape index (κ3) is 2.75. The second-order valence-electron chi connectivity index (χ2n) is 8.11. The van der Waals surface area contributed by atoms with Crippen molar-refractivity contribution in [2.45, 2.75) is 52.5 Å². The smallest absolute Gasteiger partial charge is 0.0127 e. The highest BCUT2D eigenvalue weighted by atomic mass is 15.3. The molecular weight excluding hydrogens is 220 g/mol. The van der Waals surface area contributed by atoms with Crippen LogP contribution < -0.4 is 0 Å². The van der Waals surface area contributed by atoms with Crippen molar-refractivity contribution in [1.82, 2.24) is 9.80 Å². The van der Waals surface area contributed by atoms with Crippen molar-refractivity contribution in [3.63, 3.8) is 0 Å². The summed E-state index contributed by atoms with van der Waals surface area (Å²) < 4.78 is 0. The summed E-state index contributed by atoms with van der Waals surface area (Å²) in [5.41, 5.74) is 0.453. The van der Waals surface area contributed by atoms with Crippen LogP contribution in [0.25, 0.3) is 0 Å². The molecular formula is C16H30N2. The zero-order valence-corrected chi connectivity index (χ0v) is 12.5. The summed E-state index contributed by atoms with van der Waals surface area (Å²) in [7, 11) is 0. The van der Waals surface area contributed by atoms with Gasteiger partial charge in [-0.25, -0.2) is 0 Å². The first-order valence-corrected chi connectivity index (χ1v) is 7.98. The molecule has 18 heavy (non-hydrogen) atoms. The molecule has 1 saturated heterocycles. The Balaban J connectivity index is 1.48. The van der Waals surface area contributed by atoms with E-state index in [2.05, 4.69) is 30.6 Å². The van der Waals surface area contributed by atoms with Crippen LogP contribution in [-0.2, 0) is 0 Å². The maximum absolute atomic E-state index is 2.82. The van der Waals surface area contributed by atoms with Crippen molar-refractivity contribution in [2.24, 2.45) is 17.3 Å². The van der Waals surface area contributed by atoms with E-state index in [1.54, 1.807) is 6.42 Å². The molecule has 2 heteroatoms. The molecule has 0 aromatic rings. The number of fused-ring (bicyclic) bond motifs is 2. The minimum Gasteiger partial charge on any atom is -0.300 e. The molecule has 3 rings (SSSR count). The second kappa shape index (κ2) is 4.79. The van der Waals surface area contributed by atoms with Gasteiger partial charge in [0.15, 0.2) is 0 Å². The lowest BCUT2D eigenvalue weighted by atomic mass is 9.93. The van der Waals surface area contributed by atoms with Crippen LogP contribution >= 0.6 is 0 Å². The average Bonchev–Trinajstić information content (AvgIpc) is 2.89. The highest BCUT2D eigenvalue weighted by Crippen LogP contribution is 2.46. The lowest BCUT2D eigenvalue weighted by molar-refractivity contribution is 0.0562. The fourth-order valence-corrected chi connectivity index (χ4v) is 4.58. The number of rotatable bonds is 2. The topological polar surface area (TPSA) is 6.48 Å². The quantitative estimate of drug-likeness (QED) is 0.743. The Morgan fingerprint density at radius 3 is 2.17 bits per heavy atom. The van der Waals surface area contributed by atoms with Crippen molar-refractivity contribution in [2.75, 3.05) is 32.7 Å². The summed E-state index contributed by atoms with van der Waals surface area (Å²) in [5, 5.41) is 0. The Labute approximate surface area is 113 Å². The van der Waals surface area contributed by atoms with Crippen LogP contribution in [0, 0.1) is 17.3 Å². The molecule has 2 nitrogen and oxygen atoms in total. The second-order valence-corrected chi connectivity index (χ2v) is 8.11. The molecule has 0 N–H and O–H groups in total. The minimum absolute atomic E-state index is 0.453. The molecule has 0 amide bonds. The standard InChI is InChI=1S/C16H30N2/c1-16(2,3)12-17-6-8-18(9-7-17)15-11-13-4-5-14(15)10-13/h13-15H,4-12H2,1-3H3. The average molecular weight is 250 g/mol. The van der Waals surface area contributed by atoms with Crippen molar-refractivity contribution >= 4 is 0 Å². The van der Waals surface area contributed by atoms with E-state index >= 15 is 0 Å². The Kier molecular flexibility index (Phi) is 3.44. The van der Waals surface area contributed by atoms with E-state index < -0.39 is 0 Å². The van der Waals surface area contributed by atoms with Gasteiger partial charge in [-0.2, -0.15) is 0 Å². The summed E-state index contributed by atoms with van der Waals surface area (Å²) >= 11 is 0. The van der Waals surface area contributed by atoms with Crippen LogP contribution in [0.5, 0.6) is 0 Å². The van der Waals surface area contributed by atoms with Crippen molar-refractivity contribution < 1.29 is 0 Å². The zero-order valence-electron chi connectivity index (χ0n) is 12.5. The normalized spacial score (nSPS) is 38.5. The third-order valence-electron chi connectivity index (χ3n) is 5.27. The number of hydrogen-bond acceptors (Lipinski definition) is 2. The molecule has 0 aromatic heterocycles. The molecule has 1 heterocycles. The predicted molar refractivity (Wildman–Crippen MR) is 76.7 cm³/mol. The summed E-state index contributed by atoms with van der Waals surface area (Å²) in [6.07, 6.45) is 6.12. The molecule has 2 saturated carbocycles. The van der Waals surface area contributed by atoms with Crippen molar-refractivity contribution in [1.29, 1.82) is 0 Å². The van der Waals surface area contributed by atoms with Crippen LogP contribution in [0.2, 0.25) is 0 Å². The van der Waals surface area contributed by atoms with Crippen molar-refractivity contribution in [3.05, 3.63) is 0 Å². The van der Waals surface area contributed by atoms with Crippen LogP contribution in [0.3, 0.4) is 0 Å². The summed E-state index contributed by atoms with van der Waals surface area (Å²) in [6.45, 7) is 13.6. The van der Waals surface area contributed by atoms with E-state index in [0.717, 1.165) is 17.9 Å². The Morgan fingerprint density at radius 1 is 0.944 bits per heavy atom. The molecule has 0 radical (unpaired) electrons. The summed E-state index contributed by atoms with van der Waals surface area (Å²) in [4.78, 5) is 5.49. The Bertz CT molecular complexity index is 286. The van der Waals surface area contributed by atoms with Crippen LogP contribution in [0.4, 0.5) is 0 Å². The van der Waals surface area contributed by atoms with E-state index in [1.165, 1.54) is 52.0 Å². The first-order chi connectivity index (χ1) is 8.51. The van der Waals surface area contributed by atoms with E-state index in [1.807, 2.05) is 0 Å². The monoisotopic (exact) mass is 250 g/mol. The van der Waals surface area contributed by atoms with E-state index in [0.29, 0.717) is 5.41 Å². The lowest BCUT2D eigenvalue weighted by Gasteiger charge is -2.42. The van der Waals surface area contributed by atoms with Gasteiger partial charge in [0.05, 0.1) is 0 Å². The first-order valence-electron chi connectivity index (χ1n) is 7.98. The van der Waals surface area contributed by atoms with E-state index in [-0.39, 0.29) is 0 Å². The van der Waals surface area contributed by atoms with Gasteiger partial charge in [-0.05, 0) is 36.5 Å². The molecule has 0 spiro atoms. The van der Waals surface area contributed by atoms with Crippen LogP contribution in [0.1, 0.15) is 46.5 Å². The highest BCUT2D eigenvalue weighted by Gasteiger charge is 2.42. The third-order valence-corrected chi connectivity index (χ3v) is 5.27. The van der Waals surface area contributed by atoms with E-state index in [9.17, 15) is 0 Å². The molecule has 2 bridgehead atoms. The molecule has 3 fully saturated rings. The maximum atomic E-state index is 2.82. The van der Waals surface area contributed by atoms with Gasteiger partial charge in [0, 0.05) is 38.8 Å². The molecule has 104 valence electrons. The highest BCUT2D eigenvalue weighted by molar-refractivity contribution is 4.96. The molecule has 0 aromatic carbocycles. The summed E-state index contributed by atoms with van der Waals surface area (Å²) in [6, 6.07) is 0.959. The Morgan fingerprint density at radius 2 is 1.67 bits per heavy atom. The van der Waals surface area contributed by atoms with Crippen LogP contribution in [0.15, 0.2) is 0 Å². The van der Waals surface area contributed by atoms with Gasteiger partial charge < -0.3 is 4.90 Å². The number of piperazine rings is 1. The number of nitrogens with zero attached hydrogens (tertiary/aromatic N) is 2. The largest absolute Gasteiger partial charge is 0.300 e. The predicted octanol–water partition coefficient (Wildman–Crippen LogP) is 2.84. The van der Waals surface area contributed by atoms with Gasteiger partial charge in [0.25, 0.3) is 0 Å². The first kappa shape index (κ1) is 12.9. The van der Waals surface area contributed by atoms with Gasteiger partial charge in [-0.3, -0.25) is 4.90 Å². The molecule has 3 atom stereocenters. The summed E-state index contributed by atoms with van der Waals surface area (Å²) in [5.74, 6) is 2.15. The zero-order chi connectivity index (χ0) is 12.8. The molecule has 2 aliphatic carbocycles.